The molecule has 18 heavy (non-hydrogen) atoms. The molecule has 0 radical (unpaired) electrons. The standard InChI is InChI=1S/C14H21N3O/c1-11-4-2-6-13(8-11)17-14(18)16-10-12-5-3-7-15-9-12/h2,4,6,8,12,15H,3,5,7,9-10H2,1H3,(H2,16,17,18). The molecule has 0 aliphatic carbocycles. The van der Waals surface area contributed by atoms with E-state index >= 15 is 0 Å². The van der Waals surface area contributed by atoms with Crippen molar-refractivity contribution in [1.29, 1.82) is 0 Å². The zero-order valence-electron chi connectivity index (χ0n) is 10.8. The van der Waals surface area contributed by atoms with Gasteiger partial charge in [0.1, 0.15) is 0 Å². The lowest BCUT2D eigenvalue weighted by Crippen LogP contribution is -2.39. The number of piperidine rings is 1. The lowest BCUT2D eigenvalue weighted by atomic mass is 10.00. The Morgan fingerprint density at radius 2 is 2.39 bits per heavy atom. The topological polar surface area (TPSA) is 53.2 Å². The van der Waals surface area contributed by atoms with Gasteiger partial charge in [0.25, 0.3) is 0 Å². The summed E-state index contributed by atoms with van der Waals surface area (Å²) in [4.78, 5) is 11.7. The van der Waals surface area contributed by atoms with E-state index in [1.165, 1.54) is 12.8 Å². The molecule has 3 N–H and O–H groups in total. The Bertz CT molecular complexity index is 400. The summed E-state index contributed by atoms with van der Waals surface area (Å²) in [5, 5.41) is 9.13. The van der Waals surface area contributed by atoms with Gasteiger partial charge in [-0.15, -0.1) is 0 Å². The summed E-state index contributed by atoms with van der Waals surface area (Å²) in [5.74, 6) is 0.557. The van der Waals surface area contributed by atoms with Gasteiger partial charge >= 0.3 is 6.03 Å². The summed E-state index contributed by atoms with van der Waals surface area (Å²) in [7, 11) is 0. The van der Waals surface area contributed by atoms with E-state index in [4.69, 9.17) is 0 Å². The van der Waals surface area contributed by atoms with Crippen molar-refractivity contribution in [2.45, 2.75) is 19.8 Å². The number of benzene rings is 1. The molecule has 1 saturated heterocycles. The predicted octanol–water partition coefficient (Wildman–Crippen LogP) is 2.12. The lowest BCUT2D eigenvalue weighted by molar-refractivity contribution is 0.248. The fourth-order valence-electron chi connectivity index (χ4n) is 2.23. The van der Waals surface area contributed by atoms with Crippen molar-refractivity contribution in [3.63, 3.8) is 0 Å². The molecule has 1 fully saturated rings. The van der Waals surface area contributed by atoms with Gasteiger partial charge in [-0.2, -0.15) is 0 Å². The molecule has 1 aliphatic heterocycles. The Labute approximate surface area is 108 Å². The number of hydrogen-bond acceptors (Lipinski definition) is 2. The number of amides is 2. The Kier molecular flexibility index (Phi) is 4.59. The largest absolute Gasteiger partial charge is 0.338 e. The van der Waals surface area contributed by atoms with Crippen LogP contribution in [0.1, 0.15) is 18.4 Å². The van der Waals surface area contributed by atoms with E-state index in [1.807, 2.05) is 31.2 Å². The average Bonchev–Trinajstić information content (AvgIpc) is 2.38. The minimum atomic E-state index is -0.119. The summed E-state index contributed by atoms with van der Waals surface area (Å²) in [6, 6.07) is 7.69. The Morgan fingerprint density at radius 1 is 1.50 bits per heavy atom. The fraction of sp³-hybridized carbons (Fsp3) is 0.500. The highest BCUT2D eigenvalue weighted by Crippen LogP contribution is 2.10. The Balaban J connectivity index is 1.74. The van der Waals surface area contributed by atoms with Gasteiger partial charge in [0.2, 0.25) is 0 Å². The van der Waals surface area contributed by atoms with Crippen molar-refractivity contribution >= 4 is 11.7 Å². The molecule has 0 spiro atoms. The second-order valence-electron chi connectivity index (χ2n) is 4.92. The van der Waals surface area contributed by atoms with E-state index in [1.54, 1.807) is 0 Å². The van der Waals surface area contributed by atoms with Crippen molar-refractivity contribution < 1.29 is 4.79 Å². The van der Waals surface area contributed by atoms with E-state index in [2.05, 4.69) is 16.0 Å². The third kappa shape index (κ3) is 4.04. The highest BCUT2D eigenvalue weighted by atomic mass is 16.2. The molecule has 2 rings (SSSR count). The number of urea groups is 1. The fourth-order valence-corrected chi connectivity index (χ4v) is 2.23. The van der Waals surface area contributed by atoms with Crippen molar-refractivity contribution in [2.24, 2.45) is 5.92 Å². The number of carbonyl (C=O) groups is 1. The smallest absolute Gasteiger partial charge is 0.319 e. The molecule has 0 aromatic heterocycles. The first-order valence-electron chi connectivity index (χ1n) is 6.56. The maximum atomic E-state index is 11.7. The van der Waals surface area contributed by atoms with Crippen molar-refractivity contribution in [3.05, 3.63) is 29.8 Å². The first kappa shape index (κ1) is 12.9. The normalized spacial score (nSPS) is 19.3. The van der Waals surface area contributed by atoms with Crippen molar-refractivity contribution in [2.75, 3.05) is 25.0 Å². The number of hydrogen-bond donors (Lipinski definition) is 3. The molecule has 4 nitrogen and oxygen atoms in total. The number of nitrogens with one attached hydrogen (secondary N) is 3. The maximum Gasteiger partial charge on any atom is 0.319 e. The first-order valence-corrected chi connectivity index (χ1v) is 6.56. The summed E-state index contributed by atoms with van der Waals surface area (Å²) >= 11 is 0. The van der Waals surface area contributed by atoms with E-state index in [9.17, 15) is 4.79 Å². The van der Waals surface area contributed by atoms with Gasteiger partial charge in [0.05, 0.1) is 0 Å². The van der Waals surface area contributed by atoms with Crippen molar-refractivity contribution in [3.8, 4) is 0 Å². The van der Waals surface area contributed by atoms with Crippen LogP contribution in [-0.4, -0.2) is 25.7 Å². The van der Waals surface area contributed by atoms with Crippen molar-refractivity contribution in [1.82, 2.24) is 10.6 Å². The van der Waals surface area contributed by atoms with Gasteiger partial charge in [-0.05, 0) is 56.5 Å². The molecule has 1 aromatic rings. The SMILES string of the molecule is Cc1cccc(NC(=O)NCC2CCCNC2)c1. The van der Waals surface area contributed by atoms with Gasteiger partial charge in [-0.25, -0.2) is 4.79 Å². The number of anilines is 1. The summed E-state index contributed by atoms with van der Waals surface area (Å²) < 4.78 is 0. The van der Waals surface area contributed by atoms with Gasteiger partial charge in [-0.3, -0.25) is 0 Å². The maximum absolute atomic E-state index is 11.7. The van der Waals surface area contributed by atoms with Crippen LogP contribution in [0.4, 0.5) is 10.5 Å². The number of rotatable bonds is 3. The minimum Gasteiger partial charge on any atom is -0.338 e. The molecule has 1 atom stereocenters. The molecule has 4 heteroatoms. The zero-order chi connectivity index (χ0) is 12.8. The van der Waals surface area contributed by atoms with Crippen LogP contribution in [0.2, 0.25) is 0 Å². The zero-order valence-corrected chi connectivity index (χ0v) is 10.8. The second-order valence-corrected chi connectivity index (χ2v) is 4.92. The van der Waals surface area contributed by atoms with Gasteiger partial charge in [0, 0.05) is 12.2 Å². The van der Waals surface area contributed by atoms with Gasteiger partial charge in [-0.1, -0.05) is 12.1 Å². The third-order valence-corrected chi connectivity index (χ3v) is 3.23. The van der Waals surface area contributed by atoms with Crippen LogP contribution < -0.4 is 16.0 Å². The van der Waals surface area contributed by atoms with E-state index < -0.39 is 0 Å². The minimum absolute atomic E-state index is 0.119. The summed E-state index contributed by atoms with van der Waals surface area (Å²) in [6.45, 7) is 4.86. The molecule has 1 aliphatic rings. The quantitative estimate of drug-likeness (QED) is 0.766. The monoisotopic (exact) mass is 247 g/mol. The van der Waals surface area contributed by atoms with Crippen LogP contribution in [-0.2, 0) is 0 Å². The molecular formula is C14H21N3O. The second kappa shape index (κ2) is 6.40. The Morgan fingerprint density at radius 3 is 3.11 bits per heavy atom. The number of aryl methyl sites for hydroxylation is 1. The van der Waals surface area contributed by atoms with E-state index in [0.29, 0.717) is 5.92 Å². The van der Waals surface area contributed by atoms with Gasteiger partial charge < -0.3 is 16.0 Å². The van der Waals surface area contributed by atoms with E-state index in [0.717, 1.165) is 30.9 Å². The average molecular weight is 247 g/mol. The van der Waals surface area contributed by atoms with Gasteiger partial charge in [0.15, 0.2) is 0 Å². The lowest BCUT2D eigenvalue weighted by Gasteiger charge is -2.22. The van der Waals surface area contributed by atoms with Crippen LogP contribution in [0.3, 0.4) is 0 Å². The summed E-state index contributed by atoms with van der Waals surface area (Å²) in [5.41, 5.74) is 1.98. The van der Waals surface area contributed by atoms with Crippen LogP contribution in [0, 0.1) is 12.8 Å². The third-order valence-electron chi connectivity index (χ3n) is 3.23. The van der Waals surface area contributed by atoms with Crippen LogP contribution in [0.25, 0.3) is 0 Å². The van der Waals surface area contributed by atoms with Crippen LogP contribution in [0.15, 0.2) is 24.3 Å². The molecule has 0 saturated carbocycles. The highest BCUT2D eigenvalue weighted by Gasteiger charge is 2.13. The molecule has 1 heterocycles. The predicted molar refractivity (Wildman–Crippen MR) is 73.8 cm³/mol. The molecule has 0 bridgehead atoms. The first-order chi connectivity index (χ1) is 8.74. The number of carbonyl (C=O) groups excluding carboxylic acids is 1. The Hall–Kier alpha value is -1.55. The molecular weight excluding hydrogens is 226 g/mol. The van der Waals surface area contributed by atoms with Crippen LogP contribution in [0.5, 0.6) is 0 Å². The molecule has 1 unspecified atom stereocenters. The molecule has 98 valence electrons. The summed E-state index contributed by atoms with van der Waals surface area (Å²) in [6.07, 6.45) is 2.39. The van der Waals surface area contributed by atoms with E-state index in [-0.39, 0.29) is 6.03 Å². The highest BCUT2D eigenvalue weighted by molar-refractivity contribution is 5.89. The van der Waals surface area contributed by atoms with Crippen LogP contribution >= 0.6 is 0 Å². The molecule has 1 aromatic carbocycles. The molecule has 2 amide bonds.